The third-order valence-corrected chi connectivity index (χ3v) is 4.31. The van der Waals surface area contributed by atoms with Crippen LogP contribution in [0.3, 0.4) is 0 Å². The summed E-state index contributed by atoms with van der Waals surface area (Å²) in [6.07, 6.45) is 1.59. The van der Waals surface area contributed by atoms with Crippen molar-refractivity contribution in [3.05, 3.63) is 76.3 Å². The third-order valence-electron chi connectivity index (χ3n) is 3.59. The van der Waals surface area contributed by atoms with Gasteiger partial charge in [-0.15, -0.1) is 0 Å². The largest absolute Gasteiger partial charge is 0.496 e. The average molecular weight is 383 g/mol. The van der Waals surface area contributed by atoms with Crippen LogP contribution in [0.25, 0.3) is 10.8 Å². The van der Waals surface area contributed by atoms with E-state index < -0.39 is 0 Å². The Morgan fingerprint density at radius 1 is 1.08 bits per heavy atom. The molecule has 0 saturated heterocycles. The number of benzene rings is 3. The predicted octanol–water partition coefficient (Wildman–Crippen LogP) is 4.37. The van der Waals surface area contributed by atoms with Crippen molar-refractivity contribution >= 4 is 38.8 Å². The van der Waals surface area contributed by atoms with E-state index in [1.807, 2.05) is 54.6 Å². The number of carbonyl (C=O) groups excluding carboxylic acids is 1. The Morgan fingerprint density at radius 3 is 2.46 bits per heavy atom. The zero-order valence-electron chi connectivity index (χ0n) is 13.0. The summed E-state index contributed by atoms with van der Waals surface area (Å²) in [7, 11) is 1.55. The number of carbonyl (C=O) groups is 1. The number of amides is 1. The van der Waals surface area contributed by atoms with E-state index in [1.54, 1.807) is 19.4 Å². The summed E-state index contributed by atoms with van der Waals surface area (Å²) in [4.78, 5) is 12.4. The summed E-state index contributed by atoms with van der Waals surface area (Å²) < 4.78 is 6.25. The van der Waals surface area contributed by atoms with Crippen molar-refractivity contribution in [3.8, 4) is 5.75 Å². The highest BCUT2D eigenvalue weighted by Crippen LogP contribution is 2.25. The van der Waals surface area contributed by atoms with E-state index in [4.69, 9.17) is 4.74 Å². The number of halogens is 1. The summed E-state index contributed by atoms with van der Waals surface area (Å²) >= 11 is 3.43. The molecule has 0 saturated carbocycles. The number of hydrazone groups is 1. The number of hydrogen-bond donors (Lipinski definition) is 1. The van der Waals surface area contributed by atoms with E-state index in [0.29, 0.717) is 11.3 Å². The molecule has 120 valence electrons. The molecule has 0 aliphatic heterocycles. The minimum Gasteiger partial charge on any atom is -0.496 e. The number of nitrogens with one attached hydrogen (secondary N) is 1. The highest BCUT2D eigenvalue weighted by Gasteiger charge is 2.13. The summed E-state index contributed by atoms with van der Waals surface area (Å²) in [5, 5.41) is 6.01. The molecule has 0 fully saturated rings. The molecule has 0 radical (unpaired) electrons. The van der Waals surface area contributed by atoms with Gasteiger partial charge in [-0.2, -0.15) is 5.10 Å². The van der Waals surface area contributed by atoms with E-state index in [0.717, 1.165) is 20.8 Å². The molecule has 24 heavy (non-hydrogen) atoms. The van der Waals surface area contributed by atoms with Gasteiger partial charge in [0, 0.05) is 10.0 Å². The SMILES string of the molecule is COc1cc2ccccc2cc1C(=O)N/N=C\c1ccccc1Br. The first kappa shape index (κ1) is 16.2. The number of hydrogen-bond acceptors (Lipinski definition) is 3. The summed E-state index contributed by atoms with van der Waals surface area (Å²) in [6, 6.07) is 19.1. The monoisotopic (exact) mass is 382 g/mol. The second-order valence-electron chi connectivity index (χ2n) is 5.12. The Balaban J connectivity index is 1.84. The molecular formula is C19H15BrN2O2. The molecule has 0 atom stereocenters. The second kappa shape index (κ2) is 7.27. The molecule has 0 unspecified atom stereocenters. The van der Waals surface area contributed by atoms with Gasteiger partial charge < -0.3 is 4.74 Å². The maximum atomic E-state index is 12.4. The fourth-order valence-corrected chi connectivity index (χ4v) is 2.75. The Labute approximate surface area is 148 Å². The van der Waals surface area contributed by atoms with Crippen LogP contribution in [-0.4, -0.2) is 19.2 Å². The van der Waals surface area contributed by atoms with Crippen LogP contribution >= 0.6 is 15.9 Å². The molecule has 1 amide bonds. The smallest absolute Gasteiger partial charge is 0.275 e. The Morgan fingerprint density at radius 2 is 1.75 bits per heavy atom. The molecule has 4 nitrogen and oxygen atoms in total. The molecule has 0 aliphatic carbocycles. The molecule has 0 spiro atoms. The van der Waals surface area contributed by atoms with Crippen LogP contribution in [0.5, 0.6) is 5.75 Å². The summed E-state index contributed by atoms with van der Waals surface area (Å²) in [5.41, 5.74) is 3.87. The zero-order valence-corrected chi connectivity index (χ0v) is 14.6. The molecule has 0 aromatic heterocycles. The van der Waals surface area contributed by atoms with Gasteiger partial charge >= 0.3 is 0 Å². The first-order valence-electron chi connectivity index (χ1n) is 7.34. The maximum absolute atomic E-state index is 12.4. The first-order chi connectivity index (χ1) is 11.7. The molecule has 1 N–H and O–H groups in total. The maximum Gasteiger partial charge on any atom is 0.275 e. The van der Waals surface area contributed by atoms with E-state index in [2.05, 4.69) is 26.5 Å². The van der Waals surface area contributed by atoms with Crippen molar-refractivity contribution in [1.29, 1.82) is 0 Å². The Bertz CT molecular complexity index is 922. The van der Waals surface area contributed by atoms with Gasteiger partial charge in [-0.1, -0.05) is 58.4 Å². The van der Waals surface area contributed by atoms with Gasteiger partial charge in [0.2, 0.25) is 0 Å². The number of ether oxygens (including phenoxy) is 1. The van der Waals surface area contributed by atoms with Crippen LogP contribution in [0.1, 0.15) is 15.9 Å². The molecule has 3 rings (SSSR count). The number of nitrogens with zero attached hydrogens (tertiary/aromatic N) is 1. The lowest BCUT2D eigenvalue weighted by Crippen LogP contribution is -2.18. The zero-order chi connectivity index (χ0) is 16.9. The van der Waals surface area contributed by atoms with Gasteiger partial charge in [0.1, 0.15) is 5.75 Å². The van der Waals surface area contributed by atoms with Gasteiger partial charge in [-0.25, -0.2) is 5.43 Å². The van der Waals surface area contributed by atoms with E-state index in [9.17, 15) is 4.79 Å². The quantitative estimate of drug-likeness (QED) is 0.537. The van der Waals surface area contributed by atoms with Gasteiger partial charge in [0.15, 0.2) is 0 Å². The van der Waals surface area contributed by atoms with Crippen LogP contribution in [0.2, 0.25) is 0 Å². The minimum atomic E-state index is -0.319. The van der Waals surface area contributed by atoms with E-state index in [1.165, 1.54) is 0 Å². The molecule has 0 bridgehead atoms. The molecule has 3 aromatic carbocycles. The standard InChI is InChI=1S/C19H15BrN2O2/c1-24-18-11-14-7-3-2-6-13(14)10-16(18)19(23)22-21-12-15-8-4-5-9-17(15)20/h2-12H,1H3,(H,22,23)/b21-12-. The van der Waals surface area contributed by atoms with Crippen LogP contribution in [0.4, 0.5) is 0 Å². The van der Waals surface area contributed by atoms with Gasteiger partial charge in [0.25, 0.3) is 5.91 Å². The lowest BCUT2D eigenvalue weighted by molar-refractivity contribution is 0.0952. The van der Waals surface area contributed by atoms with Gasteiger partial charge in [-0.05, 0) is 29.0 Å². The first-order valence-corrected chi connectivity index (χ1v) is 8.13. The van der Waals surface area contributed by atoms with Crippen molar-refractivity contribution in [3.63, 3.8) is 0 Å². The van der Waals surface area contributed by atoms with Crippen LogP contribution in [0, 0.1) is 0 Å². The van der Waals surface area contributed by atoms with Crippen molar-refractivity contribution in [1.82, 2.24) is 5.43 Å². The van der Waals surface area contributed by atoms with Crippen molar-refractivity contribution < 1.29 is 9.53 Å². The minimum absolute atomic E-state index is 0.319. The van der Waals surface area contributed by atoms with Crippen LogP contribution in [-0.2, 0) is 0 Å². The third kappa shape index (κ3) is 3.46. The van der Waals surface area contributed by atoms with E-state index >= 15 is 0 Å². The lowest BCUT2D eigenvalue weighted by atomic mass is 10.1. The Kier molecular flexibility index (Phi) is 4.91. The molecule has 0 aliphatic rings. The molecule has 5 heteroatoms. The van der Waals surface area contributed by atoms with Crippen LogP contribution < -0.4 is 10.2 Å². The topological polar surface area (TPSA) is 50.7 Å². The predicted molar refractivity (Wildman–Crippen MR) is 99.7 cm³/mol. The van der Waals surface area contributed by atoms with E-state index in [-0.39, 0.29) is 5.91 Å². The Hall–Kier alpha value is -2.66. The molecular weight excluding hydrogens is 368 g/mol. The van der Waals surface area contributed by atoms with Crippen molar-refractivity contribution in [2.24, 2.45) is 5.10 Å². The molecule has 0 heterocycles. The number of rotatable bonds is 4. The van der Waals surface area contributed by atoms with Crippen LogP contribution in [0.15, 0.2) is 70.2 Å². The second-order valence-corrected chi connectivity index (χ2v) is 5.97. The lowest BCUT2D eigenvalue weighted by Gasteiger charge is -2.09. The highest BCUT2D eigenvalue weighted by molar-refractivity contribution is 9.10. The van der Waals surface area contributed by atoms with Gasteiger partial charge in [0.05, 0.1) is 18.9 Å². The fraction of sp³-hybridized carbons (Fsp3) is 0.0526. The highest BCUT2D eigenvalue weighted by atomic mass is 79.9. The average Bonchev–Trinajstić information content (AvgIpc) is 2.62. The molecule has 3 aromatic rings. The normalized spacial score (nSPS) is 10.9. The fourth-order valence-electron chi connectivity index (χ4n) is 2.37. The van der Waals surface area contributed by atoms with Crippen molar-refractivity contribution in [2.75, 3.05) is 7.11 Å². The van der Waals surface area contributed by atoms with Crippen molar-refractivity contribution in [2.45, 2.75) is 0 Å². The van der Waals surface area contributed by atoms with Gasteiger partial charge in [-0.3, -0.25) is 4.79 Å². The number of fused-ring (bicyclic) bond motifs is 1. The number of methoxy groups -OCH3 is 1. The summed E-state index contributed by atoms with van der Waals surface area (Å²) in [6.45, 7) is 0. The summed E-state index contributed by atoms with van der Waals surface area (Å²) in [5.74, 6) is 0.197.